The zero-order valence-electron chi connectivity index (χ0n) is 11.4. The van der Waals surface area contributed by atoms with Crippen LogP contribution in [0.1, 0.15) is 32.3 Å². The molecule has 5 heteroatoms. The lowest BCUT2D eigenvalue weighted by atomic mass is 10.1. The molecular weight excluding hydrogens is 328 g/mol. The summed E-state index contributed by atoms with van der Waals surface area (Å²) in [4.78, 5) is 11.7. The lowest BCUT2D eigenvalue weighted by Crippen LogP contribution is -2.34. The van der Waals surface area contributed by atoms with Gasteiger partial charge in [0.2, 0.25) is 5.91 Å². The Bertz CT molecular complexity index is 399. The summed E-state index contributed by atoms with van der Waals surface area (Å²) in [6.07, 6.45) is 2.05. The molecule has 1 aromatic rings. The highest BCUT2D eigenvalue weighted by Crippen LogP contribution is 2.17. The van der Waals surface area contributed by atoms with E-state index in [-0.39, 0.29) is 30.4 Å². The molecule has 19 heavy (non-hydrogen) atoms. The van der Waals surface area contributed by atoms with Crippen LogP contribution in [0.25, 0.3) is 0 Å². The predicted octanol–water partition coefficient (Wildman–Crippen LogP) is 3.05. The van der Waals surface area contributed by atoms with Crippen LogP contribution in [-0.4, -0.2) is 18.0 Å². The van der Waals surface area contributed by atoms with Gasteiger partial charge in [0.25, 0.3) is 0 Å². The van der Waals surface area contributed by atoms with Gasteiger partial charge in [-0.1, -0.05) is 34.1 Å². The van der Waals surface area contributed by atoms with E-state index in [0.29, 0.717) is 6.42 Å². The number of nitrogens with two attached hydrogens (primary N) is 1. The average Bonchev–Trinajstić information content (AvgIpc) is 2.29. The van der Waals surface area contributed by atoms with Crippen molar-refractivity contribution in [1.29, 1.82) is 0 Å². The minimum atomic E-state index is 0. The lowest BCUT2D eigenvalue weighted by molar-refractivity contribution is -0.121. The Kier molecular flexibility index (Phi) is 9.06. The van der Waals surface area contributed by atoms with Gasteiger partial charge in [-0.15, -0.1) is 12.4 Å². The Labute approximate surface area is 129 Å². The molecule has 1 rings (SSSR count). The topological polar surface area (TPSA) is 55.1 Å². The molecule has 0 radical (unpaired) electrons. The minimum absolute atomic E-state index is 0. The van der Waals surface area contributed by atoms with Crippen molar-refractivity contribution in [2.45, 2.75) is 45.2 Å². The molecular formula is C14H22BrClN2O. The van der Waals surface area contributed by atoms with E-state index in [2.05, 4.69) is 27.3 Å². The second-order valence-electron chi connectivity index (χ2n) is 4.78. The van der Waals surface area contributed by atoms with Crippen molar-refractivity contribution in [1.82, 2.24) is 5.32 Å². The third-order valence-electron chi connectivity index (χ3n) is 2.72. The molecule has 0 heterocycles. The van der Waals surface area contributed by atoms with Gasteiger partial charge in [0, 0.05) is 23.0 Å². The molecule has 0 saturated heterocycles. The molecule has 0 aromatic heterocycles. The summed E-state index contributed by atoms with van der Waals surface area (Å²) < 4.78 is 1.08. The van der Waals surface area contributed by atoms with E-state index in [1.54, 1.807) is 0 Å². The van der Waals surface area contributed by atoms with Gasteiger partial charge < -0.3 is 11.1 Å². The number of hydrogen-bond donors (Lipinski definition) is 2. The number of hydrogen-bond acceptors (Lipinski definition) is 2. The van der Waals surface area contributed by atoms with Gasteiger partial charge in [-0.2, -0.15) is 0 Å². The number of benzene rings is 1. The number of halogens is 2. The van der Waals surface area contributed by atoms with Gasteiger partial charge >= 0.3 is 0 Å². The zero-order chi connectivity index (χ0) is 13.5. The molecule has 3 nitrogen and oxygen atoms in total. The van der Waals surface area contributed by atoms with E-state index in [0.717, 1.165) is 17.3 Å². The summed E-state index contributed by atoms with van der Waals surface area (Å²) in [7, 11) is 0. The van der Waals surface area contributed by atoms with Gasteiger partial charge in [-0.3, -0.25) is 4.79 Å². The van der Waals surface area contributed by atoms with E-state index in [1.807, 2.05) is 32.0 Å². The van der Waals surface area contributed by atoms with Crippen molar-refractivity contribution in [3.63, 3.8) is 0 Å². The quantitative estimate of drug-likeness (QED) is 0.829. The van der Waals surface area contributed by atoms with Gasteiger partial charge in [0.05, 0.1) is 0 Å². The molecule has 2 atom stereocenters. The number of nitrogens with one attached hydrogen (secondary N) is 1. The van der Waals surface area contributed by atoms with Crippen molar-refractivity contribution in [3.8, 4) is 0 Å². The van der Waals surface area contributed by atoms with Crippen molar-refractivity contribution >= 4 is 34.2 Å². The second-order valence-corrected chi connectivity index (χ2v) is 5.63. The van der Waals surface area contributed by atoms with Crippen LogP contribution in [-0.2, 0) is 11.2 Å². The molecule has 0 saturated carbocycles. The van der Waals surface area contributed by atoms with E-state index >= 15 is 0 Å². The van der Waals surface area contributed by atoms with Crippen LogP contribution in [0.3, 0.4) is 0 Å². The third-order valence-corrected chi connectivity index (χ3v) is 3.49. The Morgan fingerprint density at radius 3 is 2.58 bits per heavy atom. The SMILES string of the molecule is CC(N)CCC(=O)NC(C)Cc1ccccc1Br.Cl. The smallest absolute Gasteiger partial charge is 0.220 e. The van der Waals surface area contributed by atoms with Crippen molar-refractivity contribution in [3.05, 3.63) is 34.3 Å². The van der Waals surface area contributed by atoms with Crippen molar-refractivity contribution in [2.24, 2.45) is 5.73 Å². The number of carbonyl (C=O) groups is 1. The summed E-state index contributed by atoms with van der Waals surface area (Å²) in [5, 5.41) is 3.00. The van der Waals surface area contributed by atoms with E-state index < -0.39 is 0 Å². The van der Waals surface area contributed by atoms with Crippen molar-refractivity contribution < 1.29 is 4.79 Å². The first-order chi connectivity index (χ1) is 8.49. The first-order valence-corrected chi connectivity index (χ1v) is 7.06. The molecule has 0 aliphatic carbocycles. The van der Waals surface area contributed by atoms with Gasteiger partial charge in [-0.05, 0) is 38.3 Å². The number of carbonyl (C=O) groups excluding carboxylic acids is 1. The predicted molar refractivity (Wildman–Crippen MR) is 85.6 cm³/mol. The first kappa shape index (κ1) is 18.4. The van der Waals surface area contributed by atoms with Crippen molar-refractivity contribution in [2.75, 3.05) is 0 Å². The van der Waals surface area contributed by atoms with Gasteiger partial charge in [0.1, 0.15) is 0 Å². The molecule has 0 aliphatic heterocycles. The van der Waals surface area contributed by atoms with Gasteiger partial charge in [-0.25, -0.2) is 0 Å². The molecule has 0 fully saturated rings. The summed E-state index contributed by atoms with van der Waals surface area (Å²) in [5.74, 6) is 0.0758. The van der Waals surface area contributed by atoms with Crippen LogP contribution in [0.15, 0.2) is 28.7 Å². The maximum Gasteiger partial charge on any atom is 0.220 e. The fourth-order valence-electron chi connectivity index (χ4n) is 1.75. The van der Waals surface area contributed by atoms with Gasteiger partial charge in [0.15, 0.2) is 0 Å². The molecule has 0 bridgehead atoms. The first-order valence-electron chi connectivity index (χ1n) is 6.27. The molecule has 2 unspecified atom stereocenters. The van der Waals surface area contributed by atoms with Crippen LogP contribution in [0.5, 0.6) is 0 Å². The molecule has 0 aliphatic rings. The van der Waals surface area contributed by atoms with Crippen LogP contribution < -0.4 is 11.1 Å². The lowest BCUT2D eigenvalue weighted by Gasteiger charge is -2.15. The summed E-state index contributed by atoms with van der Waals surface area (Å²) in [5.41, 5.74) is 6.83. The summed E-state index contributed by atoms with van der Waals surface area (Å²) in [6.45, 7) is 3.93. The normalized spacial score (nSPS) is 13.3. The number of rotatable bonds is 6. The maximum atomic E-state index is 11.7. The van der Waals surface area contributed by atoms with E-state index in [1.165, 1.54) is 5.56 Å². The van der Waals surface area contributed by atoms with Crippen LogP contribution >= 0.6 is 28.3 Å². The fourth-order valence-corrected chi connectivity index (χ4v) is 2.20. The van der Waals surface area contributed by atoms with Crippen LogP contribution in [0.4, 0.5) is 0 Å². The van der Waals surface area contributed by atoms with E-state index in [4.69, 9.17) is 5.73 Å². The largest absolute Gasteiger partial charge is 0.353 e. The minimum Gasteiger partial charge on any atom is -0.353 e. The molecule has 108 valence electrons. The zero-order valence-corrected chi connectivity index (χ0v) is 13.8. The van der Waals surface area contributed by atoms with Crippen LogP contribution in [0, 0.1) is 0 Å². The van der Waals surface area contributed by atoms with E-state index in [9.17, 15) is 4.79 Å². The summed E-state index contributed by atoms with van der Waals surface area (Å²) >= 11 is 3.51. The molecule has 3 N–H and O–H groups in total. The average molecular weight is 350 g/mol. The fraction of sp³-hybridized carbons (Fsp3) is 0.500. The Hall–Kier alpha value is -0.580. The Balaban J connectivity index is 0.00000324. The monoisotopic (exact) mass is 348 g/mol. The highest BCUT2D eigenvalue weighted by molar-refractivity contribution is 9.10. The highest BCUT2D eigenvalue weighted by Gasteiger charge is 2.10. The second kappa shape index (κ2) is 9.34. The molecule has 1 amide bonds. The van der Waals surface area contributed by atoms with Crippen LogP contribution in [0.2, 0.25) is 0 Å². The molecule has 0 spiro atoms. The standard InChI is InChI=1S/C14H21BrN2O.ClH/c1-10(16)7-8-14(18)17-11(2)9-12-5-3-4-6-13(12)15;/h3-6,10-11H,7-9,16H2,1-2H3,(H,17,18);1H. The highest BCUT2D eigenvalue weighted by atomic mass is 79.9. The summed E-state index contributed by atoms with van der Waals surface area (Å²) in [6, 6.07) is 8.28. The third kappa shape index (κ3) is 7.55. The number of amides is 1. The Morgan fingerprint density at radius 1 is 1.37 bits per heavy atom. The molecule has 1 aromatic carbocycles. The Morgan fingerprint density at radius 2 is 2.00 bits per heavy atom. The maximum absolute atomic E-state index is 11.7.